The Labute approximate surface area is 170 Å². The van der Waals surface area contributed by atoms with Crippen LogP contribution in [0, 0.1) is 0 Å². The molecule has 0 bridgehead atoms. The minimum atomic E-state index is -4.39. The van der Waals surface area contributed by atoms with Crippen molar-refractivity contribution in [3.63, 3.8) is 0 Å². The van der Waals surface area contributed by atoms with Crippen LogP contribution in [0.5, 0.6) is 0 Å². The van der Waals surface area contributed by atoms with E-state index in [4.69, 9.17) is 11.6 Å². The topological polar surface area (TPSA) is 56.2 Å². The average Bonchev–Trinajstić information content (AvgIpc) is 3.09. The monoisotopic (exact) mass is 423 g/mol. The molecule has 0 saturated carbocycles. The lowest BCUT2D eigenvalue weighted by Crippen LogP contribution is -2.17. The van der Waals surface area contributed by atoms with E-state index in [1.54, 1.807) is 41.2 Å². The fourth-order valence-electron chi connectivity index (χ4n) is 2.58. The van der Waals surface area contributed by atoms with Crippen molar-refractivity contribution >= 4 is 23.2 Å². The van der Waals surface area contributed by atoms with Crippen LogP contribution in [0.2, 0.25) is 5.02 Å². The van der Waals surface area contributed by atoms with Gasteiger partial charge in [0.15, 0.2) is 0 Å². The predicted molar refractivity (Wildman–Crippen MR) is 103 cm³/mol. The maximum Gasteiger partial charge on any atom is 0.411 e. The number of aromatic nitrogens is 2. The number of nitrogens with zero attached hydrogens (tertiary/aromatic N) is 2. The SMILES string of the molecule is O=C(Nc1cnn(Cc2ccc(Cl)cc2)c1)c1cccc(COCC(F)(F)F)c1. The summed E-state index contributed by atoms with van der Waals surface area (Å²) < 4.78 is 42.8. The van der Waals surface area contributed by atoms with E-state index < -0.39 is 18.7 Å². The van der Waals surface area contributed by atoms with Gasteiger partial charge in [-0.25, -0.2) is 0 Å². The van der Waals surface area contributed by atoms with Crippen molar-refractivity contribution in [2.75, 3.05) is 11.9 Å². The number of benzene rings is 2. The van der Waals surface area contributed by atoms with Gasteiger partial charge in [-0.3, -0.25) is 9.48 Å². The summed E-state index contributed by atoms with van der Waals surface area (Å²) >= 11 is 5.87. The second kappa shape index (κ2) is 9.11. The number of anilines is 1. The Morgan fingerprint density at radius 2 is 1.90 bits per heavy atom. The number of rotatable bonds is 7. The number of nitrogens with one attached hydrogen (secondary N) is 1. The summed E-state index contributed by atoms with van der Waals surface area (Å²) in [6, 6.07) is 13.6. The van der Waals surface area contributed by atoms with Crippen molar-refractivity contribution in [1.82, 2.24) is 9.78 Å². The molecule has 0 aliphatic heterocycles. The molecule has 152 valence electrons. The molecule has 0 radical (unpaired) electrons. The van der Waals surface area contributed by atoms with Gasteiger partial charge in [-0.15, -0.1) is 0 Å². The van der Waals surface area contributed by atoms with E-state index >= 15 is 0 Å². The van der Waals surface area contributed by atoms with Crippen molar-refractivity contribution in [3.8, 4) is 0 Å². The molecule has 3 aromatic rings. The molecule has 3 rings (SSSR count). The zero-order valence-electron chi connectivity index (χ0n) is 15.1. The molecule has 0 aliphatic rings. The van der Waals surface area contributed by atoms with E-state index in [1.165, 1.54) is 12.3 Å². The zero-order valence-corrected chi connectivity index (χ0v) is 15.9. The number of halogens is 4. The number of alkyl halides is 3. The molecule has 1 amide bonds. The molecule has 1 N–H and O–H groups in total. The zero-order chi connectivity index (χ0) is 20.9. The first-order valence-electron chi connectivity index (χ1n) is 8.60. The highest BCUT2D eigenvalue weighted by atomic mass is 35.5. The molecule has 1 aromatic heterocycles. The van der Waals surface area contributed by atoms with E-state index in [2.05, 4.69) is 15.2 Å². The third kappa shape index (κ3) is 6.62. The van der Waals surface area contributed by atoms with Crippen molar-refractivity contribution in [3.05, 3.63) is 82.6 Å². The molecule has 1 heterocycles. The first-order valence-corrected chi connectivity index (χ1v) is 8.98. The summed E-state index contributed by atoms with van der Waals surface area (Å²) in [7, 11) is 0. The molecule has 0 saturated heterocycles. The fraction of sp³-hybridized carbons (Fsp3) is 0.200. The molecule has 9 heteroatoms. The number of amides is 1. The lowest BCUT2D eigenvalue weighted by atomic mass is 10.1. The Balaban J connectivity index is 1.58. The van der Waals surface area contributed by atoms with Gasteiger partial charge in [-0.1, -0.05) is 35.9 Å². The summed E-state index contributed by atoms with van der Waals surface area (Å²) in [5, 5.41) is 7.57. The summed E-state index contributed by atoms with van der Waals surface area (Å²) in [5.41, 5.74) is 2.29. The van der Waals surface area contributed by atoms with Crippen molar-refractivity contribution in [2.45, 2.75) is 19.3 Å². The molecule has 0 spiro atoms. The molecular formula is C20H17ClF3N3O2. The second-order valence-electron chi connectivity index (χ2n) is 6.32. The van der Waals surface area contributed by atoms with Crippen LogP contribution in [0.1, 0.15) is 21.5 Å². The predicted octanol–water partition coefficient (Wildman–Crippen LogP) is 4.92. The summed E-state index contributed by atoms with van der Waals surface area (Å²) in [4.78, 5) is 12.4. The van der Waals surface area contributed by atoms with Gasteiger partial charge >= 0.3 is 6.18 Å². The normalized spacial score (nSPS) is 11.4. The first-order chi connectivity index (χ1) is 13.8. The van der Waals surface area contributed by atoms with Gasteiger partial charge in [0, 0.05) is 16.8 Å². The molecule has 29 heavy (non-hydrogen) atoms. The lowest BCUT2D eigenvalue weighted by molar-refractivity contribution is -0.176. The Morgan fingerprint density at radius 3 is 2.62 bits per heavy atom. The minimum Gasteiger partial charge on any atom is -0.367 e. The Hall–Kier alpha value is -2.84. The number of hydrogen-bond acceptors (Lipinski definition) is 3. The van der Waals surface area contributed by atoms with Gasteiger partial charge in [0.05, 0.1) is 25.0 Å². The summed E-state index contributed by atoms with van der Waals surface area (Å²) in [6.45, 7) is -1.06. The maximum absolute atomic E-state index is 12.4. The van der Waals surface area contributed by atoms with Gasteiger partial charge in [0.1, 0.15) is 6.61 Å². The smallest absolute Gasteiger partial charge is 0.367 e. The Kier molecular flexibility index (Phi) is 6.56. The Bertz CT molecular complexity index is 972. The largest absolute Gasteiger partial charge is 0.411 e. The molecule has 2 aromatic carbocycles. The van der Waals surface area contributed by atoms with Crippen LogP contribution in [0.4, 0.5) is 18.9 Å². The van der Waals surface area contributed by atoms with Crippen LogP contribution in [-0.2, 0) is 17.9 Å². The Morgan fingerprint density at radius 1 is 1.14 bits per heavy atom. The van der Waals surface area contributed by atoms with E-state index in [0.717, 1.165) is 5.56 Å². The number of hydrogen-bond donors (Lipinski definition) is 1. The lowest BCUT2D eigenvalue weighted by Gasteiger charge is -2.09. The summed E-state index contributed by atoms with van der Waals surface area (Å²) in [5.74, 6) is -0.395. The van der Waals surface area contributed by atoms with Gasteiger partial charge < -0.3 is 10.1 Å². The highest BCUT2D eigenvalue weighted by molar-refractivity contribution is 6.30. The van der Waals surface area contributed by atoms with Gasteiger partial charge in [0.2, 0.25) is 0 Å². The summed E-state index contributed by atoms with van der Waals surface area (Å²) in [6.07, 6.45) is -1.19. The standard InChI is InChI=1S/C20H17ClF3N3O2/c21-17-6-4-14(5-7-17)10-27-11-18(9-25-27)26-19(28)16-3-1-2-15(8-16)12-29-13-20(22,23)24/h1-9,11H,10,12-13H2,(H,26,28). The number of ether oxygens (including phenoxy) is 1. The molecule has 0 unspecified atom stereocenters. The van der Waals surface area contributed by atoms with Crippen LogP contribution in [0.3, 0.4) is 0 Å². The minimum absolute atomic E-state index is 0.236. The van der Waals surface area contributed by atoms with E-state index in [0.29, 0.717) is 28.4 Å². The molecule has 0 atom stereocenters. The van der Waals surface area contributed by atoms with Gasteiger partial charge in [-0.2, -0.15) is 18.3 Å². The van der Waals surface area contributed by atoms with Crippen LogP contribution in [0.25, 0.3) is 0 Å². The third-order valence-corrected chi connectivity index (χ3v) is 4.12. The van der Waals surface area contributed by atoms with Crippen molar-refractivity contribution in [1.29, 1.82) is 0 Å². The number of carbonyl (C=O) groups excluding carboxylic acids is 1. The van der Waals surface area contributed by atoms with Crippen molar-refractivity contribution in [2.24, 2.45) is 0 Å². The van der Waals surface area contributed by atoms with Crippen LogP contribution in [0.15, 0.2) is 60.9 Å². The van der Waals surface area contributed by atoms with E-state index in [1.807, 2.05) is 12.1 Å². The van der Waals surface area contributed by atoms with E-state index in [9.17, 15) is 18.0 Å². The van der Waals surface area contributed by atoms with Crippen LogP contribution in [-0.4, -0.2) is 28.5 Å². The van der Waals surface area contributed by atoms with Crippen LogP contribution >= 0.6 is 11.6 Å². The fourth-order valence-corrected chi connectivity index (χ4v) is 2.71. The quantitative estimate of drug-likeness (QED) is 0.587. The molecular weight excluding hydrogens is 407 g/mol. The van der Waals surface area contributed by atoms with Crippen molar-refractivity contribution < 1.29 is 22.7 Å². The molecule has 5 nitrogen and oxygen atoms in total. The second-order valence-corrected chi connectivity index (χ2v) is 6.75. The van der Waals surface area contributed by atoms with Crippen LogP contribution < -0.4 is 5.32 Å². The highest BCUT2D eigenvalue weighted by Crippen LogP contribution is 2.17. The van der Waals surface area contributed by atoms with E-state index in [-0.39, 0.29) is 6.61 Å². The molecule has 0 fully saturated rings. The van der Waals surface area contributed by atoms with Gasteiger partial charge in [0.25, 0.3) is 5.91 Å². The maximum atomic E-state index is 12.4. The third-order valence-electron chi connectivity index (χ3n) is 3.87. The number of carbonyl (C=O) groups is 1. The first kappa shape index (κ1) is 20.9. The van der Waals surface area contributed by atoms with Gasteiger partial charge in [-0.05, 0) is 35.4 Å². The average molecular weight is 424 g/mol. The highest BCUT2D eigenvalue weighted by Gasteiger charge is 2.27. The molecule has 0 aliphatic carbocycles.